The second-order valence-electron chi connectivity index (χ2n) is 5.08. The van der Waals surface area contributed by atoms with E-state index in [4.69, 9.17) is 0 Å². The first-order chi connectivity index (χ1) is 11.3. The normalized spacial score (nSPS) is 11.4. The molecule has 0 aliphatic heterocycles. The van der Waals surface area contributed by atoms with Crippen LogP contribution < -0.4 is 0 Å². The third-order valence-electron chi connectivity index (χ3n) is 3.44. The van der Waals surface area contributed by atoms with Gasteiger partial charge in [0.05, 0.1) is 16.0 Å². The monoisotopic (exact) mass is 364 g/mol. The van der Waals surface area contributed by atoms with Crippen LogP contribution in [0.5, 0.6) is 0 Å². The summed E-state index contributed by atoms with van der Waals surface area (Å²) in [5, 5.41) is 9.78. The van der Waals surface area contributed by atoms with Crippen LogP contribution in [0.15, 0.2) is 33.8 Å². The molecule has 3 rings (SSSR count). The second kappa shape index (κ2) is 8.17. The molecule has 0 bridgehead atoms. The molecule has 0 fully saturated rings. The maximum atomic E-state index is 4.67. The van der Waals surface area contributed by atoms with Gasteiger partial charge in [0.1, 0.15) is 5.82 Å². The molecule has 0 aliphatic rings. The molecule has 0 N–H and O–H groups in total. The van der Waals surface area contributed by atoms with Crippen molar-refractivity contribution >= 4 is 45.1 Å². The number of thiazole rings is 1. The van der Waals surface area contributed by atoms with E-state index in [1.54, 1.807) is 23.1 Å². The van der Waals surface area contributed by atoms with Gasteiger partial charge in [0.25, 0.3) is 0 Å². The van der Waals surface area contributed by atoms with Gasteiger partial charge in [-0.05, 0) is 25.5 Å². The molecule has 4 nitrogen and oxygen atoms in total. The predicted octanol–water partition coefficient (Wildman–Crippen LogP) is 5.09. The zero-order chi connectivity index (χ0) is 16.1. The summed E-state index contributed by atoms with van der Waals surface area (Å²) in [6.45, 7) is 5.28. The van der Waals surface area contributed by atoms with Gasteiger partial charge >= 0.3 is 0 Å². The summed E-state index contributed by atoms with van der Waals surface area (Å²) in [4.78, 5) is 4.67. The molecule has 0 saturated heterocycles. The highest BCUT2D eigenvalue weighted by Gasteiger charge is 2.12. The number of hydrogen-bond acceptors (Lipinski definition) is 6. The van der Waals surface area contributed by atoms with E-state index >= 15 is 0 Å². The molecule has 0 spiro atoms. The number of benzene rings is 1. The largest absolute Gasteiger partial charge is 0.306 e. The van der Waals surface area contributed by atoms with Crippen molar-refractivity contribution in [2.24, 2.45) is 0 Å². The van der Waals surface area contributed by atoms with E-state index in [0.29, 0.717) is 0 Å². The lowest BCUT2D eigenvalue weighted by Crippen LogP contribution is -2.02. The Hall–Kier alpha value is -1.05. The average molecular weight is 365 g/mol. The molecular weight excluding hydrogens is 344 g/mol. The Bertz CT molecular complexity index is 733. The number of aromatic nitrogens is 4. The van der Waals surface area contributed by atoms with Gasteiger partial charge in [-0.1, -0.05) is 49.0 Å². The fourth-order valence-corrected chi connectivity index (χ4v) is 5.31. The molecule has 0 radical (unpaired) electrons. The number of rotatable bonds is 8. The van der Waals surface area contributed by atoms with Crippen LogP contribution in [0.2, 0.25) is 0 Å². The van der Waals surface area contributed by atoms with Crippen molar-refractivity contribution in [1.29, 1.82) is 0 Å². The molecule has 1 aromatic carbocycles. The third-order valence-corrected chi connectivity index (χ3v) is 6.67. The summed E-state index contributed by atoms with van der Waals surface area (Å²) in [6, 6.07) is 8.27. The topological polar surface area (TPSA) is 43.6 Å². The Kier molecular flexibility index (Phi) is 5.96. The van der Waals surface area contributed by atoms with Crippen molar-refractivity contribution < 1.29 is 0 Å². The highest BCUT2D eigenvalue weighted by Crippen LogP contribution is 2.31. The van der Waals surface area contributed by atoms with E-state index in [1.165, 1.54) is 17.5 Å². The van der Waals surface area contributed by atoms with E-state index in [9.17, 15) is 0 Å². The molecule has 2 aromatic heterocycles. The zero-order valence-electron chi connectivity index (χ0n) is 13.4. The summed E-state index contributed by atoms with van der Waals surface area (Å²) < 4.78 is 4.56. The van der Waals surface area contributed by atoms with Gasteiger partial charge in [-0.3, -0.25) is 0 Å². The van der Waals surface area contributed by atoms with Crippen LogP contribution in [0.4, 0.5) is 0 Å². The van der Waals surface area contributed by atoms with Crippen LogP contribution in [0.25, 0.3) is 10.2 Å². The van der Waals surface area contributed by atoms with Crippen LogP contribution in [0.1, 0.15) is 32.5 Å². The molecule has 7 heteroatoms. The number of nitrogens with zero attached hydrogens (tertiary/aromatic N) is 4. The fourth-order valence-electron chi connectivity index (χ4n) is 2.20. The van der Waals surface area contributed by atoms with Gasteiger partial charge in [-0.2, -0.15) is 0 Å². The second-order valence-corrected chi connectivity index (χ2v) is 8.40. The molecule has 23 heavy (non-hydrogen) atoms. The minimum Gasteiger partial charge on any atom is -0.306 e. The van der Waals surface area contributed by atoms with Crippen molar-refractivity contribution in [2.45, 2.75) is 48.5 Å². The van der Waals surface area contributed by atoms with Crippen molar-refractivity contribution in [3.63, 3.8) is 0 Å². The Morgan fingerprint density at radius 3 is 2.78 bits per heavy atom. The summed E-state index contributed by atoms with van der Waals surface area (Å²) in [6.07, 6.45) is 2.44. The Balaban J connectivity index is 1.67. The number of fused-ring (bicyclic) bond motifs is 1. The first kappa shape index (κ1) is 16.8. The van der Waals surface area contributed by atoms with E-state index in [1.807, 2.05) is 17.8 Å². The molecule has 0 saturated carbocycles. The van der Waals surface area contributed by atoms with E-state index in [0.717, 1.165) is 38.9 Å². The smallest absolute Gasteiger partial charge is 0.191 e. The van der Waals surface area contributed by atoms with Gasteiger partial charge in [-0.25, -0.2) is 4.98 Å². The van der Waals surface area contributed by atoms with E-state index < -0.39 is 0 Å². The highest BCUT2D eigenvalue weighted by atomic mass is 32.2. The summed E-state index contributed by atoms with van der Waals surface area (Å²) in [7, 11) is 0. The SMILES string of the molecule is CCCCSc1nnc(CSc2nc3ccccc3s2)n1CC. The quantitative estimate of drug-likeness (QED) is 0.411. The maximum absolute atomic E-state index is 4.67. The fraction of sp³-hybridized carbons (Fsp3) is 0.438. The highest BCUT2D eigenvalue weighted by molar-refractivity contribution is 8.00. The average Bonchev–Trinajstić information content (AvgIpc) is 3.16. The van der Waals surface area contributed by atoms with Crippen molar-refractivity contribution in [3.8, 4) is 0 Å². The minimum absolute atomic E-state index is 0.814. The lowest BCUT2D eigenvalue weighted by Gasteiger charge is -2.06. The Morgan fingerprint density at radius 2 is 2.00 bits per heavy atom. The van der Waals surface area contributed by atoms with Gasteiger partial charge in [-0.15, -0.1) is 21.5 Å². The number of para-hydroxylation sites is 1. The Morgan fingerprint density at radius 1 is 1.13 bits per heavy atom. The Labute approximate surface area is 149 Å². The van der Waals surface area contributed by atoms with E-state index in [-0.39, 0.29) is 0 Å². The van der Waals surface area contributed by atoms with Crippen molar-refractivity contribution in [2.75, 3.05) is 5.75 Å². The van der Waals surface area contributed by atoms with Gasteiger partial charge in [0.15, 0.2) is 9.50 Å². The third kappa shape index (κ3) is 4.08. The van der Waals surface area contributed by atoms with Crippen molar-refractivity contribution in [3.05, 3.63) is 30.1 Å². The van der Waals surface area contributed by atoms with Crippen LogP contribution in [0, 0.1) is 0 Å². The first-order valence-electron chi connectivity index (χ1n) is 7.85. The lowest BCUT2D eigenvalue weighted by atomic mass is 10.3. The van der Waals surface area contributed by atoms with E-state index in [2.05, 4.69) is 51.8 Å². The van der Waals surface area contributed by atoms with Crippen molar-refractivity contribution in [1.82, 2.24) is 19.7 Å². The molecular formula is C16H20N4S3. The predicted molar refractivity (Wildman–Crippen MR) is 101 cm³/mol. The first-order valence-corrected chi connectivity index (χ1v) is 10.6. The summed E-state index contributed by atoms with van der Waals surface area (Å²) >= 11 is 5.30. The number of unbranched alkanes of at least 4 members (excludes halogenated alkanes) is 1. The minimum atomic E-state index is 0.814. The van der Waals surface area contributed by atoms with Crippen LogP contribution in [-0.4, -0.2) is 25.5 Å². The summed E-state index contributed by atoms with van der Waals surface area (Å²) in [5.74, 6) is 2.96. The molecule has 0 aliphatic carbocycles. The summed E-state index contributed by atoms with van der Waals surface area (Å²) in [5.41, 5.74) is 1.08. The van der Waals surface area contributed by atoms with Gasteiger partial charge < -0.3 is 4.57 Å². The van der Waals surface area contributed by atoms with Crippen LogP contribution in [0.3, 0.4) is 0 Å². The molecule has 122 valence electrons. The molecule has 0 amide bonds. The maximum Gasteiger partial charge on any atom is 0.191 e. The lowest BCUT2D eigenvalue weighted by molar-refractivity contribution is 0.658. The van der Waals surface area contributed by atoms with Gasteiger partial charge in [0.2, 0.25) is 0 Å². The number of hydrogen-bond donors (Lipinski definition) is 0. The molecule has 3 aromatic rings. The molecule has 2 heterocycles. The number of thioether (sulfide) groups is 2. The molecule has 0 unspecified atom stereocenters. The van der Waals surface area contributed by atoms with Crippen LogP contribution in [-0.2, 0) is 12.3 Å². The zero-order valence-corrected chi connectivity index (χ0v) is 15.8. The van der Waals surface area contributed by atoms with Gasteiger partial charge in [0, 0.05) is 12.3 Å². The molecule has 0 atom stereocenters. The standard InChI is InChI=1S/C16H20N4S3/c1-3-5-10-21-15-19-18-14(20(15)4-2)11-22-16-17-12-8-6-7-9-13(12)23-16/h6-9H,3-5,10-11H2,1-2H3. The van der Waals surface area contributed by atoms with Crippen LogP contribution >= 0.6 is 34.9 Å².